The SMILES string of the molecule is Cc1cc(CNc2cccc(F)c2)ccc1Br. The maximum absolute atomic E-state index is 13.0. The molecule has 3 heteroatoms. The molecule has 0 radical (unpaired) electrons. The molecule has 0 aromatic heterocycles. The molecule has 88 valence electrons. The van der Waals surface area contributed by atoms with Gasteiger partial charge in [-0.3, -0.25) is 0 Å². The Bertz CT molecular complexity index is 525. The highest BCUT2D eigenvalue weighted by atomic mass is 79.9. The number of aryl methyl sites for hydroxylation is 1. The molecule has 0 fully saturated rings. The molecule has 1 nitrogen and oxygen atoms in total. The van der Waals surface area contributed by atoms with Gasteiger partial charge < -0.3 is 5.32 Å². The highest BCUT2D eigenvalue weighted by molar-refractivity contribution is 9.10. The summed E-state index contributed by atoms with van der Waals surface area (Å²) in [5.74, 6) is -0.220. The molecule has 1 N–H and O–H groups in total. The molecule has 2 rings (SSSR count). The van der Waals surface area contributed by atoms with Crippen molar-refractivity contribution >= 4 is 21.6 Å². The van der Waals surface area contributed by atoms with Crippen LogP contribution in [0.3, 0.4) is 0 Å². The van der Waals surface area contributed by atoms with Crippen molar-refractivity contribution in [1.82, 2.24) is 0 Å². The molecule has 2 aromatic rings. The van der Waals surface area contributed by atoms with Crippen LogP contribution in [0.2, 0.25) is 0 Å². The normalized spacial score (nSPS) is 10.3. The molecule has 2 aromatic carbocycles. The monoisotopic (exact) mass is 293 g/mol. The second kappa shape index (κ2) is 5.32. The third kappa shape index (κ3) is 3.30. The maximum atomic E-state index is 13.0. The maximum Gasteiger partial charge on any atom is 0.125 e. The average molecular weight is 294 g/mol. The molecule has 0 saturated heterocycles. The van der Waals surface area contributed by atoms with Gasteiger partial charge in [0.05, 0.1) is 0 Å². The van der Waals surface area contributed by atoms with Crippen LogP contribution in [0.5, 0.6) is 0 Å². The fraction of sp³-hybridized carbons (Fsp3) is 0.143. The number of rotatable bonds is 3. The van der Waals surface area contributed by atoms with Gasteiger partial charge in [-0.1, -0.05) is 34.1 Å². The Morgan fingerprint density at radius 3 is 2.71 bits per heavy atom. The van der Waals surface area contributed by atoms with Crippen LogP contribution in [0.15, 0.2) is 46.9 Å². The van der Waals surface area contributed by atoms with E-state index in [0.29, 0.717) is 6.54 Å². The van der Waals surface area contributed by atoms with Gasteiger partial charge in [0.2, 0.25) is 0 Å². The molecule has 0 aliphatic rings. The summed E-state index contributed by atoms with van der Waals surface area (Å²) in [5, 5.41) is 3.19. The molecule has 0 unspecified atom stereocenters. The molecule has 0 saturated carbocycles. The number of nitrogens with one attached hydrogen (secondary N) is 1. The Labute approximate surface area is 109 Å². The molecular formula is C14H13BrFN. The Morgan fingerprint density at radius 1 is 1.18 bits per heavy atom. The van der Waals surface area contributed by atoms with E-state index in [1.165, 1.54) is 23.3 Å². The van der Waals surface area contributed by atoms with E-state index < -0.39 is 0 Å². The van der Waals surface area contributed by atoms with Crippen LogP contribution in [-0.2, 0) is 6.54 Å². The van der Waals surface area contributed by atoms with Gasteiger partial charge in [0.25, 0.3) is 0 Å². The van der Waals surface area contributed by atoms with Gasteiger partial charge in [0, 0.05) is 16.7 Å². The average Bonchev–Trinajstić information content (AvgIpc) is 2.31. The fourth-order valence-corrected chi connectivity index (χ4v) is 1.87. The quantitative estimate of drug-likeness (QED) is 0.878. The third-order valence-corrected chi connectivity index (χ3v) is 3.43. The first-order chi connectivity index (χ1) is 8.15. The number of anilines is 1. The van der Waals surface area contributed by atoms with E-state index in [0.717, 1.165) is 10.2 Å². The van der Waals surface area contributed by atoms with E-state index in [-0.39, 0.29) is 5.82 Å². The van der Waals surface area contributed by atoms with Crippen LogP contribution in [0, 0.1) is 12.7 Å². The van der Waals surface area contributed by atoms with E-state index in [9.17, 15) is 4.39 Å². The van der Waals surface area contributed by atoms with Crippen molar-refractivity contribution in [1.29, 1.82) is 0 Å². The molecule has 0 spiro atoms. The van der Waals surface area contributed by atoms with E-state index in [2.05, 4.69) is 34.2 Å². The summed E-state index contributed by atoms with van der Waals surface area (Å²) in [7, 11) is 0. The summed E-state index contributed by atoms with van der Waals surface area (Å²) in [5.41, 5.74) is 3.17. The van der Waals surface area contributed by atoms with Gasteiger partial charge in [0.15, 0.2) is 0 Å². The lowest BCUT2D eigenvalue weighted by molar-refractivity contribution is 0.628. The second-order valence-corrected chi connectivity index (χ2v) is 4.80. The Hall–Kier alpha value is -1.35. The van der Waals surface area contributed by atoms with Gasteiger partial charge in [-0.15, -0.1) is 0 Å². The second-order valence-electron chi connectivity index (χ2n) is 3.95. The number of hydrogen-bond acceptors (Lipinski definition) is 1. The first-order valence-corrected chi connectivity index (χ1v) is 6.19. The van der Waals surface area contributed by atoms with Crippen molar-refractivity contribution in [3.63, 3.8) is 0 Å². The van der Waals surface area contributed by atoms with Crippen LogP contribution < -0.4 is 5.32 Å². The summed E-state index contributed by atoms with van der Waals surface area (Å²) in [6.07, 6.45) is 0. The van der Waals surface area contributed by atoms with Crippen molar-refractivity contribution in [2.75, 3.05) is 5.32 Å². The zero-order valence-electron chi connectivity index (χ0n) is 9.50. The van der Waals surface area contributed by atoms with Crippen LogP contribution >= 0.6 is 15.9 Å². The summed E-state index contributed by atoms with van der Waals surface area (Å²) in [4.78, 5) is 0. The minimum atomic E-state index is -0.220. The van der Waals surface area contributed by atoms with Gasteiger partial charge in [0.1, 0.15) is 5.82 Å². The van der Waals surface area contributed by atoms with Crippen molar-refractivity contribution in [2.45, 2.75) is 13.5 Å². The Balaban J connectivity index is 2.05. The predicted octanol–water partition coefficient (Wildman–Crippen LogP) is 4.51. The highest BCUT2D eigenvalue weighted by Crippen LogP contribution is 2.18. The van der Waals surface area contributed by atoms with Gasteiger partial charge >= 0.3 is 0 Å². The van der Waals surface area contributed by atoms with E-state index in [4.69, 9.17) is 0 Å². The first-order valence-electron chi connectivity index (χ1n) is 5.39. The summed E-state index contributed by atoms with van der Waals surface area (Å²) in [6, 6.07) is 12.7. The summed E-state index contributed by atoms with van der Waals surface area (Å²) in [6.45, 7) is 2.74. The molecule has 0 aliphatic heterocycles. The van der Waals surface area contributed by atoms with Crippen molar-refractivity contribution in [3.8, 4) is 0 Å². The molecular weight excluding hydrogens is 281 g/mol. The minimum absolute atomic E-state index is 0.220. The van der Waals surface area contributed by atoms with Crippen molar-refractivity contribution in [2.24, 2.45) is 0 Å². The molecule has 0 amide bonds. The Kier molecular flexibility index (Phi) is 3.79. The lowest BCUT2D eigenvalue weighted by Crippen LogP contribution is -1.99. The zero-order valence-corrected chi connectivity index (χ0v) is 11.1. The number of benzene rings is 2. The first kappa shape index (κ1) is 12.1. The number of hydrogen-bond donors (Lipinski definition) is 1. The predicted molar refractivity (Wildman–Crippen MR) is 72.6 cm³/mol. The van der Waals surface area contributed by atoms with Crippen LogP contribution in [0.4, 0.5) is 10.1 Å². The summed E-state index contributed by atoms with van der Waals surface area (Å²) < 4.78 is 14.1. The van der Waals surface area contributed by atoms with E-state index in [1.54, 1.807) is 6.07 Å². The smallest absolute Gasteiger partial charge is 0.125 e. The van der Waals surface area contributed by atoms with E-state index >= 15 is 0 Å². The van der Waals surface area contributed by atoms with Crippen LogP contribution in [0.1, 0.15) is 11.1 Å². The molecule has 0 aliphatic carbocycles. The topological polar surface area (TPSA) is 12.0 Å². The summed E-state index contributed by atoms with van der Waals surface area (Å²) >= 11 is 3.46. The van der Waals surface area contributed by atoms with Gasteiger partial charge in [-0.05, 0) is 42.3 Å². The van der Waals surface area contributed by atoms with Crippen molar-refractivity contribution < 1.29 is 4.39 Å². The molecule has 0 atom stereocenters. The largest absolute Gasteiger partial charge is 0.381 e. The molecule has 17 heavy (non-hydrogen) atoms. The molecule has 0 bridgehead atoms. The van der Waals surface area contributed by atoms with Crippen molar-refractivity contribution in [3.05, 3.63) is 63.9 Å². The number of halogens is 2. The minimum Gasteiger partial charge on any atom is -0.381 e. The van der Waals surface area contributed by atoms with Crippen LogP contribution in [-0.4, -0.2) is 0 Å². The Morgan fingerprint density at radius 2 is 2.00 bits per heavy atom. The fourth-order valence-electron chi connectivity index (χ4n) is 1.62. The standard InChI is InChI=1S/C14H13BrFN/c1-10-7-11(5-6-14(10)15)9-17-13-4-2-3-12(16)8-13/h2-8,17H,9H2,1H3. The molecule has 0 heterocycles. The van der Waals surface area contributed by atoms with Crippen LogP contribution in [0.25, 0.3) is 0 Å². The highest BCUT2D eigenvalue weighted by Gasteiger charge is 1.98. The third-order valence-electron chi connectivity index (χ3n) is 2.54. The van der Waals surface area contributed by atoms with Gasteiger partial charge in [-0.2, -0.15) is 0 Å². The van der Waals surface area contributed by atoms with Gasteiger partial charge in [-0.25, -0.2) is 4.39 Å². The van der Waals surface area contributed by atoms with E-state index in [1.807, 2.05) is 18.2 Å². The zero-order chi connectivity index (χ0) is 12.3. The lowest BCUT2D eigenvalue weighted by Gasteiger charge is -2.08. The lowest BCUT2D eigenvalue weighted by atomic mass is 10.1.